The number of nitrogens with zero attached hydrogens (tertiary/aromatic N) is 3. The smallest absolute Gasteiger partial charge is 0.149 e. The van der Waals surface area contributed by atoms with Crippen molar-refractivity contribution in [3.8, 4) is 67.5 Å². The topological polar surface area (TPSA) is 50.9 Å². The zero-order valence-electron chi connectivity index (χ0n) is 46.5. The summed E-state index contributed by atoms with van der Waals surface area (Å²) in [6.45, 7) is 23.3. The van der Waals surface area contributed by atoms with Crippen molar-refractivity contribution in [3.63, 3.8) is 0 Å². The van der Waals surface area contributed by atoms with Gasteiger partial charge in [0.2, 0.25) is 0 Å². The standard InChI is InChI=1S/C60H65N3O/c1-14-60(12,13)44-27-28-52(48(35-44)40-19-16-15-17-20-40)63-53-22-18-21-47(54(53)62-56(63)49-36-46(58(6,7)8)37-50(55(49)64)59(9,10)11)42-31-43(33-45(32-42)57(3,4)5)51-34-41(29-30-61-51)39-25-23-38(2)24-26-39/h15-37,64H,14H2,1-13H3/i2D3,23D,24D,25D,26D. The van der Waals surface area contributed by atoms with Gasteiger partial charge in [0.05, 0.1) is 33.5 Å². The van der Waals surface area contributed by atoms with Crippen molar-refractivity contribution >= 4 is 11.0 Å². The molecule has 0 saturated heterocycles. The molecular weight excluding hydrogens is 779 g/mol. The van der Waals surface area contributed by atoms with Crippen molar-refractivity contribution in [3.05, 3.63) is 167 Å². The van der Waals surface area contributed by atoms with Crippen molar-refractivity contribution in [2.75, 3.05) is 0 Å². The van der Waals surface area contributed by atoms with E-state index in [-0.39, 0.29) is 27.6 Å². The van der Waals surface area contributed by atoms with Crippen LogP contribution in [0.25, 0.3) is 72.7 Å². The van der Waals surface area contributed by atoms with Crippen molar-refractivity contribution in [2.45, 2.75) is 118 Å². The van der Waals surface area contributed by atoms with E-state index in [2.05, 4.69) is 179 Å². The van der Waals surface area contributed by atoms with Crippen LogP contribution in [0.4, 0.5) is 0 Å². The Bertz CT molecular complexity index is 3340. The van der Waals surface area contributed by atoms with Gasteiger partial charge in [0, 0.05) is 32.6 Å². The molecule has 0 atom stereocenters. The molecule has 4 nitrogen and oxygen atoms in total. The number of phenols is 1. The number of phenolic OH excluding ortho intramolecular Hbond substituents is 1. The Morgan fingerprint density at radius 1 is 0.578 bits per heavy atom. The molecule has 0 aliphatic rings. The number of hydrogen-bond acceptors (Lipinski definition) is 3. The number of rotatable bonds is 8. The summed E-state index contributed by atoms with van der Waals surface area (Å²) in [7, 11) is 0. The second-order valence-corrected chi connectivity index (χ2v) is 20.9. The number of aromatic nitrogens is 3. The fourth-order valence-corrected chi connectivity index (χ4v) is 8.34. The largest absolute Gasteiger partial charge is 0.507 e. The minimum atomic E-state index is -2.82. The predicted octanol–water partition coefficient (Wildman–Crippen LogP) is 16.3. The Morgan fingerprint density at radius 3 is 1.91 bits per heavy atom. The van der Waals surface area contributed by atoms with E-state index in [1.165, 1.54) is 5.56 Å². The van der Waals surface area contributed by atoms with Crippen LogP contribution in [0.3, 0.4) is 0 Å². The van der Waals surface area contributed by atoms with E-state index in [0.717, 1.165) is 67.6 Å². The van der Waals surface area contributed by atoms with Crippen molar-refractivity contribution in [1.82, 2.24) is 14.5 Å². The maximum absolute atomic E-state index is 12.6. The van der Waals surface area contributed by atoms with Crippen molar-refractivity contribution in [1.29, 1.82) is 0 Å². The molecule has 326 valence electrons. The number of fused-ring (bicyclic) bond motifs is 1. The molecule has 64 heavy (non-hydrogen) atoms. The summed E-state index contributed by atoms with van der Waals surface area (Å²) in [6.07, 6.45) is 2.53. The van der Waals surface area contributed by atoms with Gasteiger partial charge in [0.1, 0.15) is 11.6 Å². The van der Waals surface area contributed by atoms with Crippen molar-refractivity contribution < 1.29 is 14.7 Å². The van der Waals surface area contributed by atoms with E-state index in [1.807, 2.05) is 6.07 Å². The maximum Gasteiger partial charge on any atom is 0.149 e. The van der Waals surface area contributed by atoms with Crippen LogP contribution in [0, 0.1) is 6.85 Å². The number of aromatic hydroxyl groups is 1. The van der Waals surface area contributed by atoms with Crippen LogP contribution >= 0.6 is 0 Å². The van der Waals surface area contributed by atoms with Gasteiger partial charge in [-0.3, -0.25) is 9.55 Å². The fourth-order valence-electron chi connectivity index (χ4n) is 8.34. The minimum Gasteiger partial charge on any atom is -0.507 e. The number of para-hydroxylation sites is 1. The molecule has 2 aromatic heterocycles. The highest BCUT2D eigenvalue weighted by Crippen LogP contribution is 2.46. The zero-order valence-corrected chi connectivity index (χ0v) is 39.5. The average Bonchev–Trinajstić information content (AvgIpc) is 3.69. The average molecular weight is 851 g/mol. The predicted molar refractivity (Wildman–Crippen MR) is 272 cm³/mol. The Kier molecular flexibility index (Phi) is 9.24. The van der Waals surface area contributed by atoms with E-state index < -0.39 is 42.0 Å². The molecule has 0 bridgehead atoms. The molecule has 8 rings (SSSR count). The first-order chi connectivity index (χ1) is 33.0. The molecule has 4 heteroatoms. The Labute approximate surface area is 392 Å². The molecule has 1 N–H and O–H groups in total. The second-order valence-electron chi connectivity index (χ2n) is 20.9. The van der Waals surface area contributed by atoms with E-state index >= 15 is 0 Å². The first-order valence-corrected chi connectivity index (χ1v) is 22.4. The highest BCUT2D eigenvalue weighted by Gasteiger charge is 2.30. The quantitative estimate of drug-likeness (QED) is 0.166. The van der Waals surface area contributed by atoms with Gasteiger partial charge in [-0.1, -0.05) is 173 Å². The van der Waals surface area contributed by atoms with Crippen molar-refractivity contribution in [2.24, 2.45) is 0 Å². The van der Waals surface area contributed by atoms with E-state index in [9.17, 15) is 5.11 Å². The van der Waals surface area contributed by atoms with Crippen LogP contribution in [-0.4, -0.2) is 19.6 Å². The molecule has 8 aromatic rings. The van der Waals surface area contributed by atoms with Crippen LogP contribution in [0.2, 0.25) is 0 Å². The molecule has 0 fully saturated rings. The molecule has 0 amide bonds. The maximum atomic E-state index is 12.6. The summed E-state index contributed by atoms with van der Waals surface area (Å²) in [4.78, 5) is 10.4. The molecule has 0 spiro atoms. The van der Waals surface area contributed by atoms with Crippen LogP contribution in [0.1, 0.15) is 127 Å². The van der Waals surface area contributed by atoms with Gasteiger partial charge >= 0.3 is 0 Å². The third-order valence-corrected chi connectivity index (χ3v) is 12.8. The van der Waals surface area contributed by atoms with E-state index in [0.29, 0.717) is 22.6 Å². The molecule has 0 saturated carbocycles. The van der Waals surface area contributed by atoms with Crippen LogP contribution < -0.4 is 0 Å². The summed E-state index contributed by atoms with van der Waals surface area (Å²) >= 11 is 0. The number of hydrogen-bond donors (Lipinski definition) is 1. The lowest BCUT2D eigenvalue weighted by Crippen LogP contribution is -2.17. The Morgan fingerprint density at radius 2 is 1.25 bits per heavy atom. The SMILES string of the molecule is [2H]c1c([2H])c(C([2H])([2H])[2H])c([2H])c([2H])c1-c1ccnc(-c2cc(-c3cccc4c3nc(-c3cc(C(C)(C)C)cc(C(C)(C)C)c3O)n4-c3ccc(C(C)(C)CC)cc3-c3ccccc3)cc(C(C)(C)C)c2)c1. The van der Waals surface area contributed by atoms with Gasteiger partial charge < -0.3 is 5.11 Å². The van der Waals surface area contributed by atoms with Crippen LogP contribution in [0.15, 0.2) is 140 Å². The summed E-state index contributed by atoms with van der Waals surface area (Å²) in [5.74, 6) is 0.790. The highest BCUT2D eigenvalue weighted by atomic mass is 16.3. The second kappa shape index (κ2) is 16.4. The molecule has 0 radical (unpaired) electrons. The minimum absolute atomic E-state index is 0.00116. The van der Waals surface area contributed by atoms with Crippen LogP contribution in [-0.2, 0) is 21.7 Å². The molecule has 6 aromatic carbocycles. The number of benzene rings is 6. The van der Waals surface area contributed by atoms with E-state index in [1.54, 1.807) is 18.3 Å². The lowest BCUT2D eigenvalue weighted by atomic mass is 9.78. The van der Waals surface area contributed by atoms with Gasteiger partial charge in [-0.2, -0.15) is 0 Å². The van der Waals surface area contributed by atoms with Gasteiger partial charge in [-0.05, 0) is 122 Å². The van der Waals surface area contributed by atoms with Gasteiger partial charge in [0.15, 0.2) is 0 Å². The normalized spacial score (nSPS) is 14.3. The molecule has 0 aliphatic carbocycles. The summed E-state index contributed by atoms with van der Waals surface area (Å²) in [5, 5.41) is 12.6. The Balaban J connectivity index is 1.45. The van der Waals surface area contributed by atoms with E-state index in [4.69, 9.17) is 19.6 Å². The highest BCUT2D eigenvalue weighted by molar-refractivity contribution is 5.98. The summed E-state index contributed by atoms with van der Waals surface area (Å²) in [5.41, 5.74) is 11.1. The van der Waals surface area contributed by atoms with Crippen LogP contribution in [0.5, 0.6) is 5.75 Å². The summed E-state index contributed by atoms with van der Waals surface area (Å²) in [6, 6.07) is 35.3. The molecular formula is C60H65N3O. The lowest BCUT2D eigenvalue weighted by Gasteiger charge is -2.28. The summed E-state index contributed by atoms with van der Waals surface area (Å²) < 4.78 is 61.0. The lowest BCUT2D eigenvalue weighted by molar-refractivity contribution is 0.446. The molecule has 2 heterocycles. The monoisotopic (exact) mass is 851 g/mol. The first-order valence-electron chi connectivity index (χ1n) is 25.9. The third kappa shape index (κ3) is 8.55. The fraction of sp³-hybridized carbons (Fsp3) is 0.300. The van der Waals surface area contributed by atoms with Gasteiger partial charge in [0.25, 0.3) is 0 Å². The molecule has 0 aliphatic heterocycles. The molecule has 0 unspecified atom stereocenters. The number of imidazole rings is 1. The first kappa shape index (κ1) is 36.1. The number of pyridine rings is 1. The third-order valence-electron chi connectivity index (χ3n) is 12.8. The zero-order chi connectivity index (χ0) is 51.9. The van der Waals surface area contributed by atoms with Gasteiger partial charge in [-0.25, -0.2) is 4.98 Å². The Hall–Kier alpha value is -6.26. The van der Waals surface area contributed by atoms with Gasteiger partial charge in [-0.15, -0.1) is 0 Å².